The van der Waals surface area contributed by atoms with Crippen LogP contribution in [0.3, 0.4) is 0 Å². The van der Waals surface area contributed by atoms with E-state index < -0.39 is 52.1 Å². The molecule has 13 heteroatoms. The van der Waals surface area contributed by atoms with Gasteiger partial charge in [0.25, 0.3) is 0 Å². The first kappa shape index (κ1) is 37.3. The number of amides is 1. The van der Waals surface area contributed by atoms with Crippen LogP contribution < -0.4 is 0 Å². The number of nitrogens with zero attached hydrogens (tertiary/aromatic N) is 2. The SMILES string of the molecule is CC(C)C(=O)N1CCO[C@@H](O[C@H]2CC[C@]34C[C@]35CC[C@]3(C)[C@@H]6[C@H](O[C@@H](CN(C)S(=O)(=O)C(F)(F)F)C[C@H]6C)[C@H](O)[C@@]3(C)[C@@H]5CC[C@H]4C2(C)C)C1. The molecule has 5 saturated carbocycles. The molecule has 50 heavy (non-hydrogen) atoms. The van der Waals surface area contributed by atoms with Crippen LogP contribution in [0.25, 0.3) is 0 Å². The van der Waals surface area contributed by atoms with E-state index in [0.29, 0.717) is 42.3 Å². The van der Waals surface area contributed by atoms with Crippen molar-refractivity contribution in [2.45, 2.75) is 136 Å². The number of carbonyl (C=O) groups is 1. The Morgan fingerprint density at radius 1 is 1.06 bits per heavy atom. The Kier molecular flexibility index (Phi) is 8.78. The molecule has 2 aliphatic heterocycles. The smallest absolute Gasteiger partial charge is 0.390 e. The molecule has 0 aromatic heterocycles. The molecule has 5 aliphatic carbocycles. The minimum absolute atomic E-state index is 0.0151. The van der Waals surface area contributed by atoms with Gasteiger partial charge < -0.3 is 24.2 Å². The van der Waals surface area contributed by atoms with Crippen LogP contribution >= 0.6 is 0 Å². The van der Waals surface area contributed by atoms with Gasteiger partial charge in [0.15, 0.2) is 6.29 Å². The van der Waals surface area contributed by atoms with E-state index in [9.17, 15) is 31.5 Å². The van der Waals surface area contributed by atoms with Crippen molar-refractivity contribution >= 4 is 15.9 Å². The number of carbonyl (C=O) groups excluding carboxylic acids is 1. The van der Waals surface area contributed by atoms with Gasteiger partial charge in [-0.25, -0.2) is 8.42 Å². The molecule has 7 rings (SSSR count). The monoisotopic (exact) mass is 732 g/mol. The number of alkyl halides is 3. The third kappa shape index (κ3) is 4.93. The number of hydrogen-bond acceptors (Lipinski definition) is 7. The highest BCUT2D eigenvalue weighted by atomic mass is 32.2. The summed E-state index contributed by atoms with van der Waals surface area (Å²) in [5.41, 5.74) is -5.84. The van der Waals surface area contributed by atoms with E-state index in [1.807, 2.05) is 18.7 Å². The zero-order chi connectivity index (χ0) is 36.6. The second-order valence-corrected chi connectivity index (χ2v) is 20.8. The van der Waals surface area contributed by atoms with Gasteiger partial charge in [-0.2, -0.15) is 17.5 Å². The van der Waals surface area contributed by atoms with Crippen molar-refractivity contribution in [1.29, 1.82) is 0 Å². The highest BCUT2D eigenvalue weighted by Gasteiger charge is 2.84. The maximum absolute atomic E-state index is 13.3. The number of sulfonamides is 1. The van der Waals surface area contributed by atoms with E-state index in [2.05, 4.69) is 34.6 Å². The summed E-state index contributed by atoms with van der Waals surface area (Å²) < 4.78 is 83.8. The van der Waals surface area contributed by atoms with E-state index in [4.69, 9.17) is 14.2 Å². The molecule has 2 heterocycles. The van der Waals surface area contributed by atoms with Crippen molar-refractivity contribution in [3.63, 3.8) is 0 Å². The Morgan fingerprint density at radius 2 is 1.72 bits per heavy atom. The van der Waals surface area contributed by atoms with Crippen LogP contribution in [-0.4, -0.2) is 98.1 Å². The van der Waals surface area contributed by atoms with Crippen LogP contribution in [0.4, 0.5) is 13.2 Å². The summed E-state index contributed by atoms with van der Waals surface area (Å²) in [6, 6.07) is 0. The summed E-state index contributed by atoms with van der Waals surface area (Å²) in [5.74, 6) is 0.903. The Bertz CT molecular complexity index is 1480. The second kappa shape index (κ2) is 11.8. The largest absolute Gasteiger partial charge is 0.511 e. The topological polar surface area (TPSA) is 106 Å². The van der Waals surface area contributed by atoms with E-state index >= 15 is 0 Å². The molecule has 13 atom stereocenters. The first-order valence-electron chi connectivity index (χ1n) is 19.0. The highest BCUT2D eigenvalue weighted by molar-refractivity contribution is 7.89. The second-order valence-electron chi connectivity index (χ2n) is 18.7. The van der Waals surface area contributed by atoms with Gasteiger partial charge in [0, 0.05) is 31.5 Å². The van der Waals surface area contributed by atoms with Gasteiger partial charge >= 0.3 is 15.5 Å². The van der Waals surface area contributed by atoms with Crippen molar-refractivity contribution < 1.29 is 45.7 Å². The molecule has 0 unspecified atom stereocenters. The Balaban J connectivity index is 1.09. The molecule has 2 spiro atoms. The quantitative estimate of drug-likeness (QED) is 0.368. The van der Waals surface area contributed by atoms with Crippen molar-refractivity contribution in [3.05, 3.63) is 0 Å². The summed E-state index contributed by atoms with van der Waals surface area (Å²) in [4.78, 5) is 14.6. The fraction of sp³-hybridized carbons (Fsp3) is 0.973. The minimum Gasteiger partial charge on any atom is -0.390 e. The number of hydrogen-bond donors (Lipinski definition) is 1. The summed E-state index contributed by atoms with van der Waals surface area (Å²) >= 11 is 0. The van der Waals surface area contributed by atoms with Crippen molar-refractivity contribution in [1.82, 2.24) is 9.21 Å². The predicted molar refractivity (Wildman–Crippen MR) is 180 cm³/mol. The van der Waals surface area contributed by atoms with Crippen molar-refractivity contribution in [2.75, 3.05) is 33.3 Å². The maximum Gasteiger partial charge on any atom is 0.511 e. The summed E-state index contributed by atoms with van der Waals surface area (Å²) in [6.45, 7) is 16.4. The summed E-state index contributed by atoms with van der Waals surface area (Å²) in [7, 11) is -4.52. The lowest BCUT2D eigenvalue weighted by Gasteiger charge is -2.64. The standard InChI is InChI=1S/C37H59F3N2O7S/c1-21(2)31(44)42-15-16-47-27(19-42)49-26-11-12-35-20-36(35)14-13-33(6)28-22(3)17-23(18-41(8)50(45,46)37(38,39)40)48-29(28)30(43)34(33,7)25(36)10-9-24(35)32(26,4)5/h21-30,43H,9-20H2,1-8H3/t22-,23-,24+,25+,26+,27+,28+,29+,30+,33-,34-,35-,36+/m1/s1. The van der Waals surface area contributed by atoms with Crippen LogP contribution in [0.1, 0.15) is 99.8 Å². The molecular weight excluding hydrogens is 673 g/mol. The van der Waals surface area contributed by atoms with Crippen LogP contribution in [0.5, 0.6) is 0 Å². The third-order valence-electron chi connectivity index (χ3n) is 16.1. The fourth-order valence-corrected chi connectivity index (χ4v) is 14.5. The first-order valence-corrected chi connectivity index (χ1v) is 20.4. The molecule has 286 valence electrons. The first-order chi connectivity index (χ1) is 23.1. The van der Waals surface area contributed by atoms with Crippen LogP contribution in [0, 0.1) is 56.7 Å². The molecule has 0 bridgehead atoms. The molecule has 1 N–H and O–H groups in total. The number of likely N-dealkylation sites (N-methyl/N-ethyl adjacent to an activating group) is 1. The Hall–Kier alpha value is -0.990. The third-order valence-corrected chi connectivity index (χ3v) is 17.7. The molecule has 9 nitrogen and oxygen atoms in total. The molecule has 0 aromatic carbocycles. The normalized spacial score (nSPS) is 48.4. The number of halogens is 3. The lowest BCUT2D eigenvalue weighted by Crippen LogP contribution is -2.60. The number of aliphatic hydroxyl groups excluding tert-OH is 1. The zero-order valence-corrected chi connectivity index (χ0v) is 31.9. The highest BCUT2D eigenvalue weighted by Crippen LogP contribution is 2.89. The predicted octanol–water partition coefficient (Wildman–Crippen LogP) is 5.81. The Morgan fingerprint density at radius 3 is 2.38 bits per heavy atom. The van der Waals surface area contributed by atoms with Crippen LogP contribution in [0.2, 0.25) is 0 Å². The van der Waals surface area contributed by atoms with E-state index in [1.165, 1.54) is 0 Å². The van der Waals surface area contributed by atoms with Gasteiger partial charge in [0.1, 0.15) is 0 Å². The number of ether oxygens (including phenoxy) is 3. The summed E-state index contributed by atoms with van der Waals surface area (Å²) in [5, 5.41) is 12.4. The van der Waals surface area contributed by atoms with Gasteiger partial charge in [-0.15, -0.1) is 0 Å². The number of morpholine rings is 1. The molecule has 7 fully saturated rings. The Labute approximate surface area is 296 Å². The molecule has 1 amide bonds. The van der Waals surface area contributed by atoms with Crippen molar-refractivity contribution in [2.24, 2.45) is 56.7 Å². The number of fused-ring (bicyclic) bond motifs is 4. The molecule has 0 radical (unpaired) electrons. The zero-order valence-electron chi connectivity index (χ0n) is 31.1. The molecule has 2 saturated heterocycles. The van der Waals surface area contributed by atoms with E-state index in [-0.39, 0.29) is 51.4 Å². The van der Waals surface area contributed by atoms with Crippen molar-refractivity contribution in [3.8, 4) is 0 Å². The van der Waals surface area contributed by atoms with Crippen LogP contribution in [0.15, 0.2) is 0 Å². The number of rotatable bonds is 6. The molecular formula is C37H59F3N2O7S. The average Bonchev–Trinajstić information content (AvgIpc) is 3.66. The molecule has 7 aliphatic rings. The fourth-order valence-electron chi connectivity index (χ4n) is 13.8. The average molecular weight is 733 g/mol. The lowest BCUT2D eigenvalue weighted by atomic mass is 9.41. The van der Waals surface area contributed by atoms with Gasteiger partial charge in [0.2, 0.25) is 5.91 Å². The van der Waals surface area contributed by atoms with E-state index in [1.54, 1.807) is 0 Å². The van der Waals surface area contributed by atoms with Gasteiger partial charge in [0.05, 0.1) is 37.6 Å². The minimum atomic E-state index is -5.48. The maximum atomic E-state index is 13.3. The van der Waals surface area contributed by atoms with Gasteiger partial charge in [-0.1, -0.05) is 48.5 Å². The lowest BCUT2D eigenvalue weighted by molar-refractivity contribution is -0.248. The summed E-state index contributed by atoms with van der Waals surface area (Å²) in [6.07, 6.45) is 5.18. The molecule has 0 aromatic rings. The van der Waals surface area contributed by atoms with Gasteiger partial charge in [-0.3, -0.25) is 4.79 Å². The number of aliphatic hydroxyl groups is 1. The van der Waals surface area contributed by atoms with E-state index in [0.717, 1.165) is 52.0 Å². The van der Waals surface area contributed by atoms with Gasteiger partial charge in [-0.05, 0) is 96.7 Å². The van der Waals surface area contributed by atoms with Crippen LogP contribution in [-0.2, 0) is 29.0 Å².